The summed E-state index contributed by atoms with van der Waals surface area (Å²) in [6.07, 6.45) is -2.39. The lowest BCUT2D eigenvalue weighted by Crippen LogP contribution is -2.29. The molecule has 2 aromatic carbocycles. The minimum absolute atomic E-state index is 0.232. The van der Waals surface area contributed by atoms with Gasteiger partial charge < -0.3 is 35.2 Å². The number of carbonyl (C=O) groups excluding carboxylic acids is 1. The number of hydrogen-bond acceptors (Lipinski definition) is 9. The predicted molar refractivity (Wildman–Crippen MR) is 150 cm³/mol. The van der Waals surface area contributed by atoms with Crippen molar-refractivity contribution in [2.24, 2.45) is 0 Å². The molecule has 0 spiro atoms. The minimum atomic E-state index is -4.86. The molecule has 10 nitrogen and oxygen atoms in total. The maximum Gasteiger partial charge on any atom is 0.573 e. The molecular weight excluding hydrogens is 551 g/mol. The Labute approximate surface area is 234 Å². The molecule has 1 heterocycles. The second kappa shape index (κ2) is 13.2. The number of anilines is 6. The zero-order chi connectivity index (χ0) is 29.4. The van der Waals surface area contributed by atoms with Gasteiger partial charge in [0.25, 0.3) is 0 Å². The molecule has 0 aliphatic heterocycles. The van der Waals surface area contributed by atoms with Crippen LogP contribution in [0.2, 0.25) is 5.02 Å². The Morgan fingerprint density at radius 3 is 2.33 bits per heavy atom. The number of carbonyl (C=O) groups is 1. The molecule has 0 fully saturated rings. The van der Waals surface area contributed by atoms with Crippen molar-refractivity contribution in [2.75, 3.05) is 62.2 Å². The molecule has 214 valence electrons. The molecule has 3 N–H and O–H groups in total. The molecule has 0 aliphatic rings. The number of ether oxygens (including phenoxy) is 2. The number of nitrogens with zero attached hydrogens (tertiary/aromatic N) is 4. The van der Waals surface area contributed by atoms with E-state index in [1.165, 1.54) is 31.6 Å². The monoisotopic (exact) mass is 579 g/mol. The van der Waals surface area contributed by atoms with Crippen molar-refractivity contribution in [3.05, 3.63) is 60.4 Å². The Morgan fingerprint density at radius 1 is 1.02 bits per heavy atom. The average molecular weight is 580 g/mol. The molecule has 0 saturated heterocycles. The summed E-state index contributed by atoms with van der Waals surface area (Å²) >= 11 is 5.94. The van der Waals surface area contributed by atoms with Crippen LogP contribution in [0.4, 0.5) is 47.6 Å². The van der Waals surface area contributed by atoms with E-state index in [2.05, 4.69) is 37.2 Å². The van der Waals surface area contributed by atoms with Gasteiger partial charge in [0.05, 0.1) is 29.2 Å². The molecule has 0 radical (unpaired) electrons. The van der Waals surface area contributed by atoms with Gasteiger partial charge in [0.15, 0.2) is 0 Å². The Balaban J connectivity index is 1.87. The Bertz CT molecular complexity index is 1360. The summed E-state index contributed by atoms with van der Waals surface area (Å²) in [5, 5.41) is 8.71. The standard InChI is InChI=1S/C26H29ClF3N7O3/c1-6-25(38)35-18-12-19(22(39-5)13-20(18)37(4)10-9-36(2)3)34-24-14-23(31-15-32-24)33-16-7-8-21(17(27)11-16)40-26(28,29)30/h6-8,11-15H,1,9-10H2,2-5H3,(H,35,38)(H2,31,32,33,34). The molecule has 0 atom stereocenters. The number of alkyl halides is 3. The van der Waals surface area contributed by atoms with Gasteiger partial charge >= 0.3 is 6.36 Å². The van der Waals surface area contributed by atoms with Crippen molar-refractivity contribution < 1.29 is 27.4 Å². The summed E-state index contributed by atoms with van der Waals surface area (Å²) in [6, 6.07) is 8.83. The van der Waals surface area contributed by atoms with Crippen LogP contribution in [0, 0.1) is 0 Å². The topological polar surface area (TPSA) is 104 Å². The number of benzene rings is 2. The second-order valence-corrected chi connectivity index (χ2v) is 9.13. The fraction of sp³-hybridized carbons (Fsp3) is 0.269. The minimum Gasteiger partial charge on any atom is -0.494 e. The zero-order valence-corrected chi connectivity index (χ0v) is 23.0. The highest BCUT2D eigenvalue weighted by Crippen LogP contribution is 2.38. The third kappa shape index (κ3) is 8.64. The van der Waals surface area contributed by atoms with Crippen LogP contribution < -0.4 is 30.3 Å². The van der Waals surface area contributed by atoms with Crippen molar-refractivity contribution in [3.8, 4) is 11.5 Å². The number of halogens is 4. The Morgan fingerprint density at radius 2 is 1.73 bits per heavy atom. The second-order valence-electron chi connectivity index (χ2n) is 8.72. The highest BCUT2D eigenvalue weighted by Gasteiger charge is 2.32. The van der Waals surface area contributed by atoms with E-state index in [1.54, 1.807) is 18.2 Å². The third-order valence-electron chi connectivity index (χ3n) is 5.41. The van der Waals surface area contributed by atoms with Gasteiger partial charge in [0, 0.05) is 38.0 Å². The SMILES string of the molecule is C=CC(=O)Nc1cc(Nc2cc(Nc3ccc(OC(F)(F)F)c(Cl)c3)ncn2)c(OC)cc1N(C)CCN(C)C. The average Bonchev–Trinajstić information content (AvgIpc) is 2.88. The molecule has 1 aromatic heterocycles. The van der Waals surface area contributed by atoms with E-state index in [9.17, 15) is 18.0 Å². The largest absolute Gasteiger partial charge is 0.573 e. The maximum absolute atomic E-state index is 12.5. The number of nitrogens with one attached hydrogen (secondary N) is 3. The van der Waals surface area contributed by atoms with Gasteiger partial charge in [0.1, 0.15) is 29.5 Å². The lowest BCUT2D eigenvalue weighted by molar-refractivity contribution is -0.274. The van der Waals surface area contributed by atoms with Crippen LogP contribution >= 0.6 is 11.6 Å². The summed E-state index contributed by atoms with van der Waals surface area (Å²) in [7, 11) is 7.37. The van der Waals surface area contributed by atoms with Crippen LogP contribution in [-0.4, -0.2) is 68.5 Å². The maximum atomic E-state index is 12.5. The van der Waals surface area contributed by atoms with E-state index in [-0.39, 0.29) is 10.9 Å². The molecule has 0 bridgehead atoms. The van der Waals surface area contributed by atoms with E-state index in [1.807, 2.05) is 30.9 Å². The normalized spacial score (nSPS) is 11.1. The summed E-state index contributed by atoms with van der Waals surface area (Å²) in [6.45, 7) is 5.00. The highest BCUT2D eigenvalue weighted by atomic mass is 35.5. The van der Waals surface area contributed by atoms with Crippen molar-refractivity contribution in [1.82, 2.24) is 14.9 Å². The van der Waals surface area contributed by atoms with Crippen LogP contribution in [0.15, 0.2) is 55.4 Å². The van der Waals surface area contributed by atoms with Gasteiger partial charge in [-0.05, 0) is 44.4 Å². The van der Waals surface area contributed by atoms with Crippen molar-refractivity contribution in [3.63, 3.8) is 0 Å². The molecule has 1 amide bonds. The van der Waals surface area contributed by atoms with Gasteiger partial charge in [-0.1, -0.05) is 18.2 Å². The quantitative estimate of drug-likeness (QED) is 0.235. The molecule has 0 saturated carbocycles. The van der Waals surface area contributed by atoms with E-state index in [0.29, 0.717) is 41.0 Å². The number of rotatable bonds is 12. The predicted octanol–water partition coefficient (Wildman–Crippen LogP) is 5.65. The number of likely N-dealkylation sites (N-methyl/N-ethyl adjacent to an activating group) is 2. The smallest absolute Gasteiger partial charge is 0.494 e. The molecule has 40 heavy (non-hydrogen) atoms. The van der Waals surface area contributed by atoms with Crippen LogP contribution in [0.1, 0.15) is 0 Å². The molecule has 0 unspecified atom stereocenters. The Hall–Kier alpha value is -4.23. The van der Waals surface area contributed by atoms with Gasteiger partial charge in [0.2, 0.25) is 5.91 Å². The lowest BCUT2D eigenvalue weighted by atomic mass is 10.2. The molecule has 3 aromatic rings. The van der Waals surface area contributed by atoms with Crippen molar-refractivity contribution in [2.45, 2.75) is 6.36 Å². The Kier molecular flexibility index (Phi) is 10.0. The highest BCUT2D eigenvalue weighted by molar-refractivity contribution is 6.32. The van der Waals surface area contributed by atoms with Crippen LogP contribution in [0.5, 0.6) is 11.5 Å². The zero-order valence-electron chi connectivity index (χ0n) is 22.3. The van der Waals surface area contributed by atoms with Crippen molar-refractivity contribution >= 4 is 51.9 Å². The summed E-state index contributed by atoms with van der Waals surface area (Å²) < 4.78 is 47.0. The van der Waals surface area contributed by atoms with Crippen LogP contribution in [-0.2, 0) is 4.79 Å². The first-order chi connectivity index (χ1) is 18.9. The first-order valence-electron chi connectivity index (χ1n) is 11.8. The molecular formula is C26H29ClF3N7O3. The fourth-order valence-electron chi connectivity index (χ4n) is 3.47. The first kappa shape index (κ1) is 30.3. The summed E-state index contributed by atoms with van der Waals surface area (Å²) in [5.74, 6) is 0.290. The van der Waals surface area contributed by atoms with E-state index < -0.39 is 12.1 Å². The molecule has 3 rings (SSSR count). The molecule has 0 aliphatic carbocycles. The number of hydrogen-bond donors (Lipinski definition) is 3. The van der Waals surface area contributed by atoms with Gasteiger partial charge in [-0.25, -0.2) is 9.97 Å². The third-order valence-corrected chi connectivity index (χ3v) is 5.71. The van der Waals surface area contributed by atoms with E-state index >= 15 is 0 Å². The van der Waals surface area contributed by atoms with E-state index in [0.717, 1.165) is 18.3 Å². The number of amides is 1. The van der Waals surface area contributed by atoms with Gasteiger partial charge in [-0.2, -0.15) is 0 Å². The van der Waals surface area contributed by atoms with Crippen molar-refractivity contribution in [1.29, 1.82) is 0 Å². The lowest BCUT2D eigenvalue weighted by Gasteiger charge is -2.26. The van der Waals surface area contributed by atoms with Crippen LogP contribution in [0.25, 0.3) is 0 Å². The summed E-state index contributed by atoms with van der Waals surface area (Å²) in [5.41, 5.74) is 2.14. The van der Waals surface area contributed by atoms with Gasteiger partial charge in [-0.3, -0.25) is 4.79 Å². The van der Waals surface area contributed by atoms with E-state index in [4.69, 9.17) is 16.3 Å². The van der Waals surface area contributed by atoms with Crippen LogP contribution in [0.3, 0.4) is 0 Å². The number of methoxy groups -OCH3 is 1. The van der Waals surface area contributed by atoms with Gasteiger partial charge in [-0.15, -0.1) is 13.2 Å². The fourth-order valence-corrected chi connectivity index (χ4v) is 3.69. The molecule has 14 heteroatoms. The number of aromatic nitrogens is 2. The summed E-state index contributed by atoms with van der Waals surface area (Å²) in [4.78, 5) is 24.6. The first-order valence-corrected chi connectivity index (χ1v) is 12.2.